The van der Waals surface area contributed by atoms with E-state index in [0.717, 1.165) is 0 Å². The minimum atomic E-state index is -0.739. The van der Waals surface area contributed by atoms with Crippen molar-refractivity contribution in [3.05, 3.63) is 97.6 Å². The van der Waals surface area contributed by atoms with E-state index in [-0.39, 0.29) is 22.5 Å². The van der Waals surface area contributed by atoms with E-state index in [4.69, 9.17) is 44.0 Å². The summed E-state index contributed by atoms with van der Waals surface area (Å²) < 4.78 is 11.4. The SMILES string of the molecule is O=C(Oc1c(-c2ccc(Cl)cc2)oc2ccc(Cl)cc2c1=O)c1cccc(Cl)c1. The van der Waals surface area contributed by atoms with Gasteiger partial charge in [-0.1, -0.05) is 40.9 Å². The van der Waals surface area contributed by atoms with Crippen molar-refractivity contribution >= 4 is 51.7 Å². The monoisotopic (exact) mass is 444 g/mol. The van der Waals surface area contributed by atoms with Gasteiger partial charge in [-0.2, -0.15) is 0 Å². The van der Waals surface area contributed by atoms with E-state index in [9.17, 15) is 9.59 Å². The Labute approximate surface area is 180 Å². The van der Waals surface area contributed by atoms with Crippen LogP contribution in [0.25, 0.3) is 22.3 Å². The zero-order chi connectivity index (χ0) is 20.5. The summed E-state index contributed by atoms with van der Waals surface area (Å²) in [5.41, 5.74) is 0.517. The molecule has 144 valence electrons. The fraction of sp³-hybridized carbons (Fsp3) is 0. The Morgan fingerprint density at radius 1 is 0.828 bits per heavy atom. The summed E-state index contributed by atoms with van der Waals surface area (Å²) in [6, 6.07) is 17.5. The highest BCUT2D eigenvalue weighted by atomic mass is 35.5. The van der Waals surface area contributed by atoms with Crippen LogP contribution in [0, 0.1) is 0 Å². The average molecular weight is 446 g/mol. The summed E-state index contributed by atoms with van der Waals surface area (Å²) >= 11 is 17.9. The molecule has 1 heterocycles. The predicted octanol–water partition coefficient (Wildman–Crippen LogP) is 6.64. The quantitative estimate of drug-likeness (QED) is 0.332. The van der Waals surface area contributed by atoms with Gasteiger partial charge in [0.25, 0.3) is 0 Å². The highest BCUT2D eigenvalue weighted by molar-refractivity contribution is 6.31. The number of benzene rings is 3. The summed E-state index contributed by atoms with van der Waals surface area (Å²) in [5, 5.41) is 1.44. The van der Waals surface area contributed by atoms with Crippen LogP contribution in [-0.4, -0.2) is 5.97 Å². The molecule has 0 aliphatic carbocycles. The third kappa shape index (κ3) is 4.01. The number of halogens is 3. The Bertz CT molecular complexity index is 1290. The van der Waals surface area contributed by atoms with Gasteiger partial charge in [0.15, 0.2) is 5.76 Å². The molecule has 7 heteroatoms. The first-order valence-electron chi connectivity index (χ1n) is 8.42. The number of hydrogen-bond acceptors (Lipinski definition) is 4. The Hall–Kier alpha value is -2.79. The minimum absolute atomic E-state index is 0.108. The van der Waals surface area contributed by atoms with Crippen molar-refractivity contribution in [3.8, 4) is 17.1 Å². The van der Waals surface area contributed by atoms with Gasteiger partial charge >= 0.3 is 5.97 Å². The first-order chi connectivity index (χ1) is 13.9. The van der Waals surface area contributed by atoms with Crippen LogP contribution in [0.3, 0.4) is 0 Å². The lowest BCUT2D eigenvalue weighted by molar-refractivity contribution is 0.0731. The molecule has 0 N–H and O–H groups in total. The van der Waals surface area contributed by atoms with Gasteiger partial charge in [0.05, 0.1) is 10.9 Å². The standard InChI is InChI=1S/C22H11Cl3O4/c23-14-6-4-12(5-7-14)20-21(29-22(27)13-2-1-3-15(24)10-13)19(26)17-11-16(25)8-9-18(17)28-20/h1-11H. The molecule has 3 aromatic carbocycles. The van der Waals surface area contributed by atoms with Crippen molar-refractivity contribution in [2.45, 2.75) is 0 Å². The molecule has 0 radical (unpaired) electrons. The van der Waals surface area contributed by atoms with Crippen LogP contribution < -0.4 is 10.2 Å². The fourth-order valence-corrected chi connectivity index (χ4v) is 3.29. The van der Waals surface area contributed by atoms with Crippen LogP contribution >= 0.6 is 34.8 Å². The fourth-order valence-electron chi connectivity index (χ4n) is 2.80. The zero-order valence-electron chi connectivity index (χ0n) is 14.6. The van der Waals surface area contributed by atoms with Crippen molar-refractivity contribution in [1.29, 1.82) is 0 Å². The van der Waals surface area contributed by atoms with E-state index in [0.29, 0.717) is 26.2 Å². The van der Waals surface area contributed by atoms with Crippen LogP contribution in [0.4, 0.5) is 0 Å². The van der Waals surface area contributed by atoms with E-state index in [1.54, 1.807) is 48.5 Å². The van der Waals surface area contributed by atoms with Gasteiger partial charge < -0.3 is 9.15 Å². The lowest BCUT2D eigenvalue weighted by Gasteiger charge is -2.11. The topological polar surface area (TPSA) is 56.5 Å². The van der Waals surface area contributed by atoms with E-state index in [2.05, 4.69) is 0 Å². The van der Waals surface area contributed by atoms with Gasteiger partial charge in [0.2, 0.25) is 11.2 Å². The van der Waals surface area contributed by atoms with Crippen LogP contribution in [0.15, 0.2) is 75.9 Å². The molecule has 1 aromatic heterocycles. The molecule has 0 fully saturated rings. The zero-order valence-corrected chi connectivity index (χ0v) is 16.9. The molecule has 4 rings (SSSR count). The second-order valence-corrected chi connectivity index (χ2v) is 7.45. The summed E-state index contributed by atoms with van der Waals surface area (Å²) in [6.45, 7) is 0. The number of hydrogen-bond donors (Lipinski definition) is 0. The maximum absolute atomic E-state index is 13.1. The number of fused-ring (bicyclic) bond motifs is 1. The van der Waals surface area contributed by atoms with Gasteiger partial charge in [0, 0.05) is 20.6 Å². The molecule has 0 unspecified atom stereocenters. The van der Waals surface area contributed by atoms with E-state index in [1.165, 1.54) is 18.2 Å². The number of ether oxygens (including phenoxy) is 1. The number of rotatable bonds is 3. The Morgan fingerprint density at radius 2 is 1.52 bits per heavy atom. The average Bonchev–Trinajstić information content (AvgIpc) is 2.71. The molecule has 0 amide bonds. The maximum Gasteiger partial charge on any atom is 0.343 e. The van der Waals surface area contributed by atoms with E-state index >= 15 is 0 Å². The third-order valence-electron chi connectivity index (χ3n) is 4.17. The third-order valence-corrected chi connectivity index (χ3v) is 4.89. The van der Waals surface area contributed by atoms with Crippen LogP contribution in [0.5, 0.6) is 5.75 Å². The predicted molar refractivity (Wildman–Crippen MR) is 114 cm³/mol. The van der Waals surface area contributed by atoms with E-state index in [1.807, 2.05) is 0 Å². The summed E-state index contributed by atoms with van der Waals surface area (Å²) in [5.74, 6) is -0.875. The molecule has 0 aliphatic heterocycles. The van der Waals surface area contributed by atoms with Crippen molar-refractivity contribution in [1.82, 2.24) is 0 Å². The number of esters is 1. The second kappa shape index (κ2) is 7.91. The lowest BCUT2D eigenvalue weighted by Crippen LogP contribution is -2.16. The van der Waals surface area contributed by atoms with Crippen LogP contribution in [0.2, 0.25) is 15.1 Å². The smallest absolute Gasteiger partial charge is 0.343 e. The molecule has 0 saturated heterocycles. The molecule has 0 atom stereocenters. The molecular formula is C22H11Cl3O4. The number of carbonyl (C=O) groups excluding carboxylic acids is 1. The summed E-state index contributed by atoms with van der Waals surface area (Å²) in [6.07, 6.45) is 0. The van der Waals surface area contributed by atoms with Gasteiger partial charge in [-0.05, 0) is 60.7 Å². The lowest BCUT2D eigenvalue weighted by atomic mass is 10.1. The highest BCUT2D eigenvalue weighted by Gasteiger charge is 2.21. The first-order valence-corrected chi connectivity index (χ1v) is 9.56. The first kappa shape index (κ1) is 19.5. The second-order valence-electron chi connectivity index (χ2n) is 6.14. The molecule has 0 aliphatic rings. The molecule has 0 saturated carbocycles. The molecular weight excluding hydrogens is 435 g/mol. The van der Waals surface area contributed by atoms with Crippen molar-refractivity contribution in [2.24, 2.45) is 0 Å². The van der Waals surface area contributed by atoms with E-state index < -0.39 is 11.4 Å². The molecule has 4 nitrogen and oxygen atoms in total. The van der Waals surface area contributed by atoms with Crippen molar-refractivity contribution < 1.29 is 13.9 Å². The van der Waals surface area contributed by atoms with Crippen molar-refractivity contribution in [3.63, 3.8) is 0 Å². The van der Waals surface area contributed by atoms with Gasteiger partial charge in [-0.3, -0.25) is 4.79 Å². The molecule has 29 heavy (non-hydrogen) atoms. The molecule has 0 spiro atoms. The Morgan fingerprint density at radius 3 is 2.24 bits per heavy atom. The van der Waals surface area contributed by atoms with Crippen LogP contribution in [0.1, 0.15) is 10.4 Å². The van der Waals surface area contributed by atoms with Crippen molar-refractivity contribution in [2.75, 3.05) is 0 Å². The normalized spacial score (nSPS) is 10.9. The maximum atomic E-state index is 13.1. The summed E-state index contributed by atoms with van der Waals surface area (Å²) in [7, 11) is 0. The van der Waals surface area contributed by atoms with Gasteiger partial charge in [-0.25, -0.2) is 4.79 Å². The molecule has 4 aromatic rings. The highest BCUT2D eigenvalue weighted by Crippen LogP contribution is 2.33. The Kier molecular flexibility index (Phi) is 5.33. The molecule has 0 bridgehead atoms. The van der Waals surface area contributed by atoms with Gasteiger partial charge in [-0.15, -0.1) is 0 Å². The minimum Gasteiger partial charge on any atom is -0.452 e. The van der Waals surface area contributed by atoms with Crippen LogP contribution in [-0.2, 0) is 0 Å². The van der Waals surface area contributed by atoms with Gasteiger partial charge in [0.1, 0.15) is 5.58 Å². The summed E-state index contributed by atoms with van der Waals surface area (Å²) in [4.78, 5) is 25.8. The number of carbonyl (C=O) groups is 1. The Balaban J connectivity index is 1.91. The largest absolute Gasteiger partial charge is 0.452 e.